The molecule has 2 heteroatoms. The third-order valence-electron chi connectivity index (χ3n) is 2.09. The second-order valence-electron chi connectivity index (χ2n) is 3.40. The van der Waals surface area contributed by atoms with Crippen molar-refractivity contribution in [2.75, 3.05) is 0 Å². The molecule has 0 N–H and O–H groups in total. The molecule has 0 fully saturated rings. The van der Waals surface area contributed by atoms with Crippen LogP contribution in [0.2, 0.25) is 12.5 Å². The fraction of sp³-hybridized carbons (Fsp3) is 1.00. The molecule has 0 amide bonds. The molecular weight excluding hydrogens is 413 g/mol. The predicted molar refractivity (Wildman–Crippen MR) is 59.3 cm³/mol. The molecule has 0 saturated heterocycles. The molecule has 0 saturated carbocycles. The third-order valence-corrected chi connectivity index (χ3v) is 30.4. The first kappa shape index (κ1) is 12.6. The summed E-state index contributed by atoms with van der Waals surface area (Å²) in [4.78, 5) is 0. The summed E-state index contributed by atoms with van der Waals surface area (Å²) in [5.41, 5.74) is 0. The van der Waals surface area contributed by atoms with E-state index >= 15 is 0 Å². The van der Waals surface area contributed by atoms with E-state index < -0.39 is 15.8 Å². The molecular formula is C9H21HfI. The van der Waals surface area contributed by atoms with Crippen LogP contribution >= 0.6 is 18.1 Å². The molecule has 0 aliphatic heterocycles. The van der Waals surface area contributed by atoms with Crippen LogP contribution in [0.4, 0.5) is 0 Å². The summed E-state index contributed by atoms with van der Waals surface area (Å²) < 4.78 is 4.86. The van der Waals surface area contributed by atoms with Gasteiger partial charge in [0.15, 0.2) is 0 Å². The fourth-order valence-electron chi connectivity index (χ4n) is 1.72. The normalized spacial score (nSPS) is 12.0. The quantitative estimate of drug-likeness (QED) is 0.409. The van der Waals surface area contributed by atoms with Crippen molar-refractivity contribution in [1.29, 1.82) is 0 Å². The first-order chi connectivity index (χ1) is 5.18. The van der Waals surface area contributed by atoms with Gasteiger partial charge in [-0.1, -0.05) is 0 Å². The van der Waals surface area contributed by atoms with Crippen molar-refractivity contribution in [3.05, 3.63) is 0 Å². The van der Waals surface area contributed by atoms with Gasteiger partial charge in [0.25, 0.3) is 0 Å². The number of halogens is 1. The molecule has 0 spiro atoms. The van der Waals surface area contributed by atoms with Crippen molar-refractivity contribution in [3.63, 3.8) is 0 Å². The van der Waals surface area contributed by atoms with Crippen LogP contribution in [0, 0.1) is 0 Å². The molecule has 0 bridgehead atoms. The molecule has 0 unspecified atom stereocenters. The molecule has 0 aromatic heterocycles. The van der Waals surface area contributed by atoms with E-state index in [1.165, 1.54) is 19.3 Å². The molecule has 0 aliphatic carbocycles. The Morgan fingerprint density at radius 3 is 1.27 bits per heavy atom. The third kappa shape index (κ3) is 5.78. The number of hydrogen-bond donors (Lipinski definition) is 0. The van der Waals surface area contributed by atoms with Gasteiger partial charge in [0.05, 0.1) is 0 Å². The monoisotopic (exact) mass is 436 g/mol. The summed E-state index contributed by atoms with van der Waals surface area (Å²) in [6.07, 6.45) is 4.31. The summed E-state index contributed by atoms with van der Waals surface area (Å²) in [5, 5.41) is 0. The van der Waals surface area contributed by atoms with Crippen molar-refractivity contribution < 1.29 is 15.8 Å². The second-order valence-corrected chi connectivity index (χ2v) is 35.8. The standard InChI is InChI=1S/3C3H7.Hf.HI/c3*1-3-2;;/h3*1,3H2,2H3;;1H/q;;;+1;/p-1. The van der Waals surface area contributed by atoms with Gasteiger partial charge in [0.1, 0.15) is 0 Å². The molecule has 0 aromatic carbocycles. The first-order valence-electron chi connectivity index (χ1n) is 4.87. The van der Waals surface area contributed by atoms with Gasteiger partial charge in [-0.05, 0) is 0 Å². The van der Waals surface area contributed by atoms with E-state index in [0.717, 1.165) is 0 Å². The van der Waals surface area contributed by atoms with E-state index in [1.54, 1.807) is 12.5 Å². The van der Waals surface area contributed by atoms with Crippen LogP contribution < -0.4 is 0 Å². The van der Waals surface area contributed by atoms with E-state index in [4.69, 9.17) is 0 Å². The van der Waals surface area contributed by atoms with E-state index in [-0.39, 0.29) is 0 Å². The topological polar surface area (TPSA) is 0 Å². The minimum absolute atomic E-state index is 1.44. The Bertz CT molecular complexity index is 76.5. The first-order valence-corrected chi connectivity index (χ1v) is 22.7. The summed E-state index contributed by atoms with van der Waals surface area (Å²) >= 11 is 1.28. The van der Waals surface area contributed by atoms with Gasteiger partial charge in [-0.15, -0.1) is 0 Å². The van der Waals surface area contributed by atoms with Gasteiger partial charge in [0, 0.05) is 0 Å². The van der Waals surface area contributed by atoms with E-state index in [9.17, 15) is 0 Å². The zero-order chi connectivity index (χ0) is 8.74. The minimum atomic E-state index is -1.62. The van der Waals surface area contributed by atoms with Gasteiger partial charge < -0.3 is 0 Å². The average molecular weight is 435 g/mol. The van der Waals surface area contributed by atoms with Crippen LogP contribution in [0.3, 0.4) is 0 Å². The molecule has 11 heavy (non-hydrogen) atoms. The van der Waals surface area contributed by atoms with Crippen LogP contribution in [0.15, 0.2) is 0 Å². The molecule has 68 valence electrons. The van der Waals surface area contributed by atoms with Gasteiger partial charge >= 0.3 is 86.5 Å². The maximum atomic E-state index is 2.90. The van der Waals surface area contributed by atoms with Crippen molar-refractivity contribution in [1.82, 2.24) is 0 Å². The fourth-order valence-corrected chi connectivity index (χ4v) is 27.3. The van der Waals surface area contributed by atoms with E-state index in [2.05, 4.69) is 38.9 Å². The van der Waals surface area contributed by atoms with Crippen LogP contribution in [0.5, 0.6) is 0 Å². The Labute approximate surface area is 85.6 Å². The van der Waals surface area contributed by atoms with Gasteiger partial charge in [-0.25, -0.2) is 0 Å². The Morgan fingerprint density at radius 1 is 0.818 bits per heavy atom. The summed E-state index contributed by atoms with van der Waals surface area (Å²) in [7, 11) is 0. The summed E-state index contributed by atoms with van der Waals surface area (Å²) in [6.45, 7) is 7.04. The Hall–Kier alpha value is 1.60. The summed E-state index contributed by atoms with van der Waals surface area (Å²) in [6, 6.07) is 0. The number of rotatable bonds is 6. The van der Waals surface area contributed by atoms with Crippen LogP contribution in [0.1, 0.15) is 40.0 Å². The van der Waals surface area contributed by atoms with Crippen molar-refractivity contribution in [2.45, 2.75) is 52.6 Å². The van der Waals surface area contributed by atoms with E-state index in [1.807, 2.05) is 0 Å². The molecule has 0 aliphatic rings. The average Bonchev–Trinajstić information content (AvgIpc) is 1.88. The van der Waals surface area contributed by atoms with E-state index in [0.29, 0.717) is 0 Å². The van der Waals surface area contributed by atoms with Crippen molar-refractivity contribution in [2.24, 2.45) is 0 Å². The SMILES string of the molecule is CC[CH2][Hf]([I])([CH2]CC)[CH2]CC. The van der Waals surface area contributed by atoms with Crippen LogP contribution in [-0.4, -0.2) is 0 Å². The van der Waals surface area contributed by atoms with Gasteiger partial charge in [-0.3, -0.25) is 0 Å². The Morgan fingerprint density at radius 2 is 1.09 bits per heavy atom. The Kier molecular flexibility index (Phi) is 8.07. The van der Waals surface area contributed by atoms with Crippen LogP contribution in [-0.2, 0) is 15.8 Å². The molecule has 0 radical (unpaired) electrons. The van der Waals surface area contributed by atoms with Gasteiger partial charge in [-0.2, -0.15) is 0 Å². The Balaban J connectivity index is 3.79. The molecule has 0 nitrogen and oxygen atoms in total. The number of hydrogen-bond acceptors (Lipinski definition) is 0. The summed E-state index contributed by atoms with van der Waals surface area (Å²) in [5.74, 6) is 0. The predicted octanol–water partition coefficient (Wildman–Crippen LogP) is 4.98. The maximum absolute atomic E-state index is 2.90. The second kappa shape index (κ2) is 7.05. The van der Waals surface area contributed by atoms with Crippen LogP contribution in [0.25, 0.3) is 0 Å². The zero-order valence-electron chi connectivity index (χ0n) is 8.12. The van der Waals surface area contributed by atoms with Crippen molar-refractivity contribution >= 4 is 18.1 Å². The molecule has 0 aromatic rings. The molecule has 0 heterocycles. The molecule has 0 rings (SSSR count). The molecule has 0 atom stereocenters. The van der Waals surface area contributed by atoms with Gasteiger partial charge in [0.2, 0.25) is 0 Å². The van der Waals surface area contributed by atoms with Crippen molar-refractivity contribution in [3.8, 4) is 0 Å². The zero-order valence-corrected chi connectivity index (χ0v) is 13.9.